The number of hydroxylamine groups is 2. The van der Waals surface area contributed by atoms with E-state index in [0.717, 1.165) is 41.0 Å². The van der Waals surface area contributed by atoms with E-state index in [4.69, 9.17) is 14.7 Å². The van der Waals surface area contributed by atoms with Crippen molar-refractivity contribution in [3.8, 4) is 28.0 Å². The second-order valence-electron chi connectivity index (χ2n) is 7.09. The van der Waals surface area contributed by atoms with E-state index in [1.54, 1.807) is 12.1 Å². The van der Waals surface area contributed by atoms with Crippen LogP contribution in [-0.2, 0) is 11.4 Å². The second kappa shape index (κ2) is 8.74. The summed E-state index contributed by atoms with van der Waals surface area (Å²) in [6.45, 7) is 3.50. The third-order valence-corrected chi connectivity index (χ3v) is 4.97. The molecule has 4 rings (SSSR count). The van der Waals surface area contributed by atoms with Crippen LogP contribution in [0.3, 0.4) is 0 Å². The maximum Gasteiger partial charge on any atom is 0.188 e. The van der Waals surface area contributed by atoms with Crippen molar-refractivity contribution in [2.75, 3.05) is 13.2 Å². The predicted molar refractivity (Wildman–Crippen MR) is 111 cm³/mol. The van der Waals surface area contributed by atoms with Crippen LogP contribution in [0.4, 0.5) is 4.39 Å². The van der Waals surface area contributed by atoms with Gasteiger partial charge in [0.15, 0.2) is 6.23 Å². The van der Waals surface area contributed by atoms with E-state index in [-0.39, 0.29) is 18.7 Å². The van der Waals surface area contributed by atoms with Crippen LogP contribution in [0.1, 0.15) is 18.9 Å². The van der Waals surface area contributed by atoms with Gasteiger partial charge in [0.1, 0.15) is 18.2 Å². The topological polar surface area (TPSA) is 45.0 Å². The number of hydrogen-bond donors (Lipinski definition) is 1. The molecular weight excluding hydrogens is 369 g/mol. The molecule has 3 aromatic carbocycles. The summed E-state index contributed by atoms with van der Waals surface area (Å²) >= 11 is 0. The first-order chi connectivity index (χ1) is 14.2. The molecule has 0 saturated carbocycles. The van der Waals surface area contributed by atoms with Crippen molar-refractivity contribution < 1.29 is 19.1 Å². The maximum absolute atomic E-state index is 14.8. The lowest BCUT2D eigenvalue weighted by molar-refractivity contribution is 0.194. The van der Waals surface area contributed by atoms with Crippen LogP contribution in [-0.4, -0.2) is 29.5 Å². The van der Waals surface area contributed by atoms with Crippen LogP contribution in [0.5, 0.6) is 5.75 Å². The van der Waals surface area contributed by atoms with Gasteiger partial charge >= 0.3 is 0 Å². The van der Waals surface area contributed by atoms with E-state index >= 15 is 0 Å². The molecule has 0 radical (unpaired) electrons. The van der Waals surface area contributed by atoms with E-state index < -0.39 is 0 Å². The van der Waals surface area contributed by atoms with Crippen LogP contribution >= 0.6 is 0 Å². The number of ether oxygens (including phenoxy) is 1. The summed E-state index contributed by atoms with van der Waals surface area (Å²) in [5, 5.41) is 11.1. The average Bonchev–Trinajstić information content (AvgIpc) is 3.51. The number of hydrogen-bond acceptors (Lipinski definition) is 4. The number of aliphatic hydroxyl groups is 1. The Labute approximate surface area is 170 Å². The molecule has 0 spiro atoms. The molecule has 4 nitrogen and oxygen atoms in total. The van der Waals surface area contributed by atoms with Gasteiger partial charge in [-0.3, -0.25) is 4.84 Å². The summed E-state index contributed by atoms with van der Waals surface area (Å²) in [5.41, 5.74) is 3.89. The predicted octanol–water partition coefficient (Wildman–Crippen LogP) is 5.01. The summed E-state index contributed by atoms with van der Waals surface area (Å²) in [6, 6.07) is 20.1. The molecule has 5 heteroatoms. The Morgan fingerprint density at radius 1 is 0.966 bits per heavy atom. The van der Waals surface area contributed by atoms with Gasteiger partial charge in [-0.1, -0.05) is 55.5 Å². The highest BCUT2D eigenvalue weighted by Gasteiger charge is 2.35. The van der Waals surface area contributed by atoms with E-state index in [9.17, 15) is 4.39 Å². The fraction of sp³-hybridized carbons (Fsp3) is 0.250. The molecule has 1 N–H and O–H groups in total. The van der Waals surface area contributed by atoms with Crippen molar-refractivity contribution in [3.63, 3.8) is 0 Å². The molecule has 1 unspecified atom stereocenters. The molecule has 1 heterocycles. The number of aliphatic hydroxyl groups excluding tert-OH is 1. The Kier molecular flexibility index (Phi) is 5.90. The van der Waals surface area contributed by atoms with Crippen molar-refractivity contribution in [3.05, 3.63) is 78.1 Å². The molecule has 2 atom stereocenters. The molecule has 0 bridgehead atoms. The van der Waals surface area contributed by atoms with Crippen LogP contribution < -0.4 is 4.74 Å². The van der Waals surface area contributed by atoms with E-state index in [1.807, 2.05) is 59.7 Å². The van der Waals surface area contributed by atoms with Crippen LogP contribution in [0, 0.1) is 5.82 Å². The maximum atomic E-state index is 14.8. The molecule has 0 aliphatic carbocycles. The van der Waals surface area contributed by atoms with Crippen LogP contribution in [0.2, 0.25) is 0 Å². The molecule has 29 heavy (non-hydrogen) atoms. The Bertz CT molecular complexity index is 957. The summed E-state index contributed by atoms with van der Waals surface area (Å²) in [5.74, 6) is 0.464. The van der Waals surface area contributed by atoms with Gasteiger partial charge in [0.2, 0.25) is 0 Å². The third-order valence-electron chi connectivity index (χ3n) is 4.97. The highest BCUT2D eigenvalue weighted by Crippen LogP contribution is 2.30. The van der Waals surface area contributed by atoms with Crippen molar-refractivity contribution >= 4 is 0 Å². The molecule has 1 saturated heterocycles. The minimum absolute atomic E-state index is 0.00202. The molecule has 3 aromatic rings. The van der Waals surface area contributed by atoms with Gasteiger partial charge < -0.3 is 9.84 Å². The first-order valence-corrected chi connectivity index (χ1v) is 9.84. The van der Waals surface area contributed by atoms with E-state index in [1.165, 1.54) is 0 Å². The normalized spacial score (nSPS) is 17.9. The SMILES string of the molecule is CCCN1O[C@H]1COc1ccc(-c2ccc(-c3ccc(CO)cc3)cc2F)cc1. The number of nitrogens with zero attached hydrogens (tertiary/aromatic N) is 1. The Balaban J connectivity index is 1.42. The molecule has 1 aliphatic heterocycles. The molecule has 0 amide bonds. The highest BCUT2D eigenvalue weighted by atomic mass is 19.1. The van der Waals surface area contributed by atoms with Gasteiger partial charge in [-0.25, -0.2) is 4.39 Å². The summed E-state index contributed by atoms with van der Waals surface area (Å²) in [7, 11) is 0. The van der Waals surface area contributed by atoms with Crippen molar-refractivity contribution in [2.24, 2.45) is 0 Å². The Morgan fingerprint density at radius 2 is 1.66 bits per heavy atom. The summed E-state index contributed by atoms with van der Waals surface area (Å²) in [4.78, 5) is 5.39. The summed E-state index contributed by atoms with van der Waals surface area (Å²) < 4.78 is 20.5. The van der Waals surface area contributed by atoms with Gasteiger partial charge in [-0.2, -0.15) is 5.06 Å². The van der Waals surface area contributed by atoms with Gasteiger partial charge in [0.05, 0.1) is 6.61 Å². The molecule has 1 aliphatic rings. The van der Waals surface area contributed by atoms with Crippen molar-refractivity contribution in [1.82, 2.24) is 5.06 Å². The quantitative estimate of drug-likeness (QED) is 0.546. The average molecular weight is 393 g/mol. The largest absolute Gasteiger partial charge is 0.489 e. The fourth-order valence-electron chi connectivity index (χ4n) is 3.29. The Morgan fingerprint density at radius 3 is 2.31 bits per heavy atom. The van der Waals surface area contributed by atoms with E-state index in [2.05, 4.69) is 6.92 Å². The summed E-state index contributed by atoms with van der Waals surface area (Å²) in [6.07, 6.45) is 1.08. The first-order valence-electron chi connectivity index (χ1n) is 9.84. The Hall–Kier alpha value is -2.73. The minimum Gasteiger partial charge on any atom is -0.489 e. The molecule has 1 fully saturated rings. The first kappa shape index (κ1) is 19.6. The molecular formula is C24H24FNO3. The lowest BCUT2D eigenvalue weighted by atomic mass is 9.99. The second-order valence-corrected chi connectivity index (χ2v) is 7.09. The number of halogens is 1. The zero-order valence-electron chi connectivity index (χ0n) is 16.3. The minimum atomic E-state index is -0.274. The van der Waals surface area contributed by atoms with Gasteiger partial charge in [0.25, 0.3) is 0 Å². The lowest BCUT2D eigenvalue weighted by Gasteiger charge is -2.09. The zero-order valence-corrected chi connectivity index (χ0v) is 16.3. The van der Waals surface area contributed by atoms with E-state index in [0.29, 0.717) is 12.2 Å². The van der Waals surface area contributed by atoms with Crippen LogP contribution in [0.15, 0.2) is 66.7 Å². The van der Waals surface area contributed by atoms with Gasteiger partial charge in [-0.05, 0) is 46.9 Å². The van der Waals surface area contributed by atoms with Crippen molar-refractivity contribution in [1.29, 1.82) is 0 Å². The molecule has 150 valence electrons. The number of rotatable bonds is 8. The standard InChI is InChI=1S/C24H24FNO3/c1-2-13-26-24(29-26)16-28-21-10-7-19(8-11-21)22-12-9-20(14-23(22)25)18-5-3-17(15-27)4-6-18/h3-12,14,24,27H,2,13,15-16H2,1H3/t24-,26?/m0/s1. The van der Waals surface area contributed by atoms with Crippen LogP contribution in [0.25, 0.3) is 22.3 Å². The fourth-order valence-corrected chi connectivity index (χ4v) is 3.29. The third kappa shape index (κ3) is 4.65. The highest BCUT2D eigenvalue weighted by molar-refractivity contribution is 5.71. The number of benzene rings is 3. The lowest BCUT2D eigenvalue weighted by Crippen LogP contribution is -2.11. The van der Waals surface area contributed by atoms with Gasteiger partial charge in [-0.15, -0.1) is 0 Å². The monoisotopic (exact) mass is 393 g/mol. The van der Waals surface area contributed by atoms with Gasteiger partial charge in [0, 0.05) is 12.1 Å². The smallest absolute Gasteiger partial charge is 0.188 e. The van der Waals surface area contributed by atoms with Crippen molar-refractivity contribution in [2.45, 2.75) is 26.2 Å². The molecule has 0 aromatic heterocycles. The zero-order chi connectivity index (χ0) is 20.2.